The minimum Gasteiger partial charge on any atom is -0.369 e. The van der Waals surface area contributed by atoms with Crippen molar-refractivity contribution in [1.29, 1.82) is 0 Å². The van der Waals surface area contributed by atoms with E-state index in [1.807, 2.05) is 12.1 Å². The third-order valence-corrected chi connectivity index (χ3v) is 4.52. The molecule has 136 valence electrons. The second-order valence-electron chi connectivity index (χ2n) is 6.38. The predicted molar refractivity (Wildman–Crippen MR) is 90.8 cm³/mol. The Morgan fingerprint density at radius 1 is 1.35 bits per heavy atom. The van der Waals surface area contributed by atoms with Crippen LogP contribution in [0.5, 0.6) is 0 Å². The van der Waals surface area contributed by atoms with Gasteiger partial charge in [-0.15, -0.1) is 0 Å². The quantitative estimate of drug-likeness (QED) is 0.751. The molecule has 4 rings (SSSR count). The summed E-state index contributed by atoms with van der Waals surface area (Å²) in [7, 11) is 0. The van der Waals surface area contributed by atoms with Crippen LogP contribution in [0.1, 0.15) is 12.8 Å². The zero-order valence-corrected chi connectivity index (χ0v) is 13.7. The van der Waals surface area contributed by atoms with Crippen molar-refractivity contribution in [3.05, 3.63) is 30.7 Å². The van der Waals surface area contributed by atoms with Crippen LogP contribution in [-0.2, 0) is 4.79 Å². The molecule has 0 saturated carbocycles. The van der Waals surface area contributed by atoms with Gasteiger partial charge in [-0.2, -0.15) is 13.2 Å². The summed E-state index contributed by atoms with van der Waals surface area (Å²) in [6, 6.07) is 3.51. The lowest BCUT2D eigenvalue weighted by atomic mass is 10.1. The van der Waals surface area contributed by atoms with Gasteiger partial charge >= 0.3 is 6.18 Å². The number of aromatic nitrogens is 3. The SMILES string of the molecule is O=C(CC(F)(F)F)NC1CCN(c2cc[nH]c3cnc4nccc4c23)C1. The van der Waals surface area contributed by atoms with Gasteiger partial charge in [-0.1, -0.05) is 0 Å². The number of aromatic amines is 1. The lowest BCUT2D eigenvalue weighted by Crippen LogP contribution is -2.39. The van der Waals surface area contributed by atoms with Crippen LogP contribution in [0.3, 0.4) is 0 Å². The summed E-state index contributed by atoms with van der Waals surface area (Å²) in [5.74, 6) is -0.984. The van der Waals surface area contributed by atoms with Gasteiger partial charge < -0.3 is 15.2 Å². The fourth-order valence-electron chi connectivity index (χ4n) is 3.46. The average molecular weight is 363 g/mol. The number of hydrogen-bond donors (Lipinski definition) is 2. The number of anilines is 1. The molecule has 0 aliphatic carbocycles. The van der Waals surface area contributed by atoms with E-state index in [9.17, 15) is 18.0 Å². The molecule has 0 aromatic carbocycles. The van der Waals surface area contributed by atoms with E-state index in [2.05, 4.69) is 25.2 Å². The van der Waals surface area contributed by atoms with Crippen LogP contribution in [0, 0.1) is 0 Å². The number of nitrogens with one attached hydrogen (secondary N) is 2. The van der Waals surface area contributed by atoms with E-state index in [0.717, 1.165) is 22.0 Å². The summed E-state index contributed by atoms with van der Waals surface area (Å²) in [6.45, 7) is 1.11. The number of hydrogen-bond acceptors (Lipinski definition) is 4. The van der Waals surface area contributed by atoms with Crippen LogP contribution in [-0.4, -0.2) is 46.2 Å². The first-order valence-corrected chi connectivity index (χ1v) is 8.22. The van der Waals surface area contributed by atoms with Crippen molar-refractivity contribution in [2.75, 3.05) is 18.0 Å². The summed E-state index contributed by atoms with van der Waals surface area (Å²) >= 11 is 0. The number of pyridine rings is 2. The molecular formula is C17H16F3N5O. The summed E-state index contributed by atoms with van der Waals surface area (Å²) in [6.07, 6.45) is -0.130. The maximum absolute atomic E-state index is 12.3. The van der Waals surface area contributed by atoms with Crippen LogP contribution >= 0.6 is 0 Å². The van der Waals surface area contributed by atoms with Gasteiger partial charge in [-0.3, -0.25) is 4.79 Å². The smallest absolute Gasteiger partial charge is 0.369 e. The molecule has 0 spiro atoms. The van der Waals surface area contributed by atoms with Crippen molar-refractivity contribution in [1.82, 2.24) is 20.3 Å². The minimum atomic E-state index is -4.49. The monoisotopic (exact) mass is 363 g/mol. The van der Waals surface area contributed by atoms with E-state index in [1.165, 1.54) is 0 Å². The van der Waals surface area contributed by atoms with Crippen LogP contribution in [0.25, 0.3) is 21.9 Å². The molecule has 9 heteroatoms. The molecule has 3 aromatic heterocycles. The highest BCUT2D eigenvalue weighted by molar-refractivity contribution is 6.10. The van der Waals surface area contributed by atoms with E-state index in [4.69, 9.17) is 0 Å². The molecule has 1 amide bonds. The number of fused-ring (bicyclic) bond motifs is 3. The van der Waals surface area contributed by atoms with Gasteiger partial charge in [0.2, 0.25) is 5.91 Å². The van der Waals surface area contributed by atoms with E-state index < -0.39 is 18.5 Å². The number of H-pyrrole nitrogens is 1. The molecule has 1 unspecified atom stereocenters. The van der Waals surface area contributed by atoms with E-state index in [-0.39, 0.29) is 6.04 Å². The number of rotatable bonds is 3. The van der Waals surface area contributed by atoms with Gasteiger partial charge in [0.15, 0.2) is 5.65 Å². The fourth-order valence-corrected chi connectivity index (χ4v) is 3.46. The first-order valence-electron chi connectivity index (χ1n) is 8.22. The van der Waals surface area contributed by atoms with Gasteiger partial charge in [-0.25, -0.2) is 9.97 Å². The molecule has 1 atom stereocenters. The maximum Gasteiger partial charge on any atom is 0.397 e. The summed E-state index contributed by atoms with van der Waals surface area (Å²) in [5.41, 5.74) is 2.45. The Balaban J connectivity index is 1.58. The van der Waals surface area contributed by atoms with E-state index >= 15 is 0 Å². The molecule has 0 bridgehead atoms. The lowest BCUT2D eigenvalue weighted by molar-refractivity contribution is -0.154. The van der Waals surface area contributed by atoms with E-state index in [1.54, 1.807) is 18.6 Å². The summed E-state index contributed by atoms with van der Waals surface area (Å²) < 4.78 is 37.0. The fraction of sp³-hybridized carbons (Fsp3) is 0.353. The molecule has 1 saturated heterocycles. The number of halogens is 3. The van der Waals surface area contributed by atoms with Crippen LogP contribution < -0.4 is 10.2 Å². The standard InChI is InChI=1S/C17H16F3N5O/c18-17(19,20)7-14(26)24-10-3-6-25(9-10)13-2-5-21-12-8-23-16-11(15(12)13)1-4-22-16/h1-2,4-5,8,10,21H,3,6-7,9H2,(H,24,26). The Hall–Kier alpha value is -2.84. The second-order valence-corrected chi connectivity index (χ2v) is 6.38. The van der Waals surface area contributed by atoms with Crippen molar-refractivity contribution in [3.8, 4) is 0 Å². The van der Waals surface area contributed by atoms with Crippen LogP contribution in [0.2, 0.25) is 0 Å². The van der Waals surface area contributed by atoms with Crippen LogP contribution in [0.15, 0.2) is 30.7 Å². The number of alkyl halides is 3. The van der Waals surface area contributed by atoms with Crippen molar-refractivity contribution >= 4 is 33.5 Å². The first kappa shape index (κ1) is 16.6. The van der Waals surface area contributed by atoms with Gasteiger partial charge in [0.1, 0.15) is 6.42 Å². The highest BCUT2D eigenvalue weighted by Crippen LogP contribution is 2.32. The molecule has 3 aromatic rings. The van der Waals surface area contributed by atoms with Gasteiger partial charge in [-0.05, 0) is 18.6 Å². The predicted octanol–water partition coefficient (Wildman–Crippen LogP) is 2.76. The van der Waals surface area contributed by atoms with Crippen LogP contribution in [0.4, 0.5) is 18.9 Å². The maximum atomic E-state index is 12.3. The largest absolute Gasteiger partial charge is 0.397 e. The van der Waals surface area contributed by atoms with Gasteiger partial charge in [0, 0.05) is 48.0 Å². The molecule has 1 fully saturated rings. The third-order valence-electron chi connectivity index (χ3n) is 4.52. The highest BCUT2D eigenvalue weighted by Gasteiger charge is 2.33. The minimum absolute atomic E-state index is 0.306. The summed E-state index contributed by atoms with van der Waals surface area (Å²) in [5, 5.41) is 4.37. The van der Waals surface area contributed by atoms with Crippen molar-refractivity contribution in [3.63, 3.8) is 0 Å². The van der Waals surface area contributed by atoms with E-state index in [0.29, 0.717) is 25.2 Å². The Bertz CT molecular complexity index is 968. The Morgan fingerprint density at radius 3 is 3.00 bits per heavy atom. The highest BCUT2D eigenvalue weighted by atomic mass is 19.4. The molecule has 0 radical (unpaired) electrons. The van der Waals surface area contributed by atoms with Crippen molar-refractivity contribution in [2.45, 2.75) is 25.1 Å². The average Bonchev–Trinajstić information content (AvgIpc) is 3.21. The lowest BCUT2D eigenvalue weighted by Gasteiger charge is -2.21. The molecule has 4 heterocycles. The zero-order chi connectivity index (χ0) is 18.3. The normalized spacial score (nSPS) is 18.0. The Labute approximate surface area is 146 Å². The topological polar surface area (TPSA) is 73.9 Å². The summed E-state index contributed by atoms with van der Waals surface area (Å²) in [4.78, 5) is 25.3. The molecule has 2 N–H and O–H groups in total. The zero-order valence-electron chi connectivity index (χ0n) is 13.7. The molecule has 26 heavy (non-hydrogen) atoms. The number of nitrogens with zero attached hydrogens (tertiary/aromatic N) is 3. The Morgan fingerprint density at radius 2 is 2.19 bits per heavy atom. The number of carbonyl (C=O) groups excluding carboxylic acids is 1. The molecular weight excluding hydrogens is 347 g/mol. The Kier molecular flexibility index (Phi) is 3.93. The first-order chi connectivity index (χ1) is 12.4. The number of amides is 1. The number of carbonyl (C=O) groups is 1. The van der Waals surface area contributed by atoms with Gasteiger partial charge in [0.25, 0.3) is 0 Å². The van der Waals surface area contributed by atoms with Crippen molar-refractivity contribution in [2.24, 2.45) is 0 Å². The molecule has 6 nitrogen and oxygen atoms in total. The second kappa shape index (κ2) is 6.15. The van der Waals surface area contributed by atoms with Gasteiger partial charge in [0.05, 0.1) is 11.7 Å². The molecule has 1 aliphatic rings. The molecule has 1 aliphatic heterocycles. The third kappa shape index (κ3) is 3.16. The van der Waals surface area contributed by atoms with Crippen molar-refractivity contribution < 1.29 is 18.0 Å².